The molecule has 1 aromatic carbocycles. The normalized spacial score (nSPS) is 31.7. The van der Waals surface area contributed by atoms with E-state index >= 15 is 0 Å². The van der Waals surface area contributed by atoms with Gasteiger partial charge in [0.15, 0.2) is 0 Å². The number of fused-ring (bicyclic) bond motifs is 1. The molecule has 96 valence electrons. The molecule has 3 heteroatoms. The summed E-state index contributed by atoms with van der Waals surface area (Å²) in [5.74, 6) is 1.46. The van der Waals surface area contributed by atoms with E-state index in [1.165, 1.54) is 5.56 Å². The van der Waals surface area contributed by atoms with Gasteiger partial charge in [-0.3, -0.25) is 9.69 Å². The molecule has 2 aliphatic heterocycles. The third-order valence-corrected chi connectivity index (χ3v) is 4.48. The van der Waals surface area contributed by atoms with Crippen molar-refractivity contribution in [1.29, 1.82) is 0 Å². The molecule has 0 aromatic heterocycles. The van der Waals surface area contributed by atoms with Gasteiger partial charge in [0.05, 0.1) is 0 Å². The van der Waals surface area contributed by atoms with Crippen LogP contribution in [0, 0.1) is 11.8 Å². The maximum atomic E-state index is 11.5. The lowest BCUT2D eigenvalue weighted by atomic mass is 9.90. The first-order chi connectivity index (χ1) is 8.66. The number of likely N-dealkylation sites (tertiary alicyclic amines) is 2. The number of hydrogen-bond donors (Lipinski definition) is 0. The maximum absolute atomic E-state index is 11.5. The molecule has 0 saturated carbocycles. The lowest BCUT2D eigenvalue weighted by Gasteiger charge is -2.26. The zero-order valence-electron chi connectivity index (χ0n) is 11.0. The van der Waals surface area contributed by atoms with Crippen molar-refractivity contribution in [1.82, 2.24) is 9.80 Å². The van der Waals surface area contributed by atoms with Crippen LogP contribution in [0.3, 0.4) is 0 Å². The average Bonchev–Trinajstić information content (AvgIpc) is 2.86. The summed E-state index contributed by atoms with van der Waals surface area (Å²) in [5, 5.41) is 0. The molecule has 3 rings (SSSR count). The molecule has 2 fully saturated rings. The number of carbonyl (C=O) groups is 1. The minimum atomic E-state index is 0.221. The summed E-state index contributed by atoms with van der Waals surface area (Å²) < 4.78 is 0. The van der Waals surface area contributed by atoms with Crippen LogP contribution in [0.1, 0.15) is 18.5 Å². The van der Waals surface area contributed by atoms with Crippen LogP contribution in [0.25, 0.3) is 0 Å². The SMILES string of the molecule is CC(=O)N1CC2CN(C)C(c3ccccc3)C2C1. The van der Waals surface area contributed by atoms with Gasteiger partial charge in [0.2, 0.25) is 5.91 Å². The summed E-state index contributed by atoms with van der Waals surface area (Å²) in [6, 6.07) is 11.2. The molecular weight excluding hydrogens is 224 g/mol. The van der Waals surface area contributed by atoms with Gasteiger partial charge in [-0.1, -0.05) is 30.3 Å². The van der Waals surface area contributed by atoms with Crippen molar-refractivity contribution in [2.45, 2.75) is 13.0 Å². The molecule has 2 aliphatic rings. The van der Waals surface area contributed by atoms with Crippen molar-refractivity contribution in [2.24, 2.45) is 11.8 Å². The number of carbonyl (C=O) groups excluding carboxylic acids is 1. The summed E-state index contributed by atoms with van der Waals surface area (Å²) in [7, 11) is 2.20. The van der Waals surface area contributed by atoms with Crippen LogP contribution in [-0.4, -0.2) is 42.4 Å². The Bertz CT molecular complexity index is 445. The first-order valence-electron chi connectivity index (χ1n) is 6.67. The molecule has 2 saturated heterocycles. The van der Waals surface area contributed by atoms with E-state index in [1.807, 2.05) is 4.90 Å². The van der Waals surface area contributed by atoms with Crippen molar-refractivity contribution in [2.75, 3.05) is 26.7 Å². The van der Waals surface area contributed by atoms with E-state index in [9.17, 15) is 4.79 Å². The molecule has 0 aliphatic carbocycles. The Morgan fingerprint density at radius 3 is 2.56 bits per heavy atom. The summed E-state index contributed by atoms with van der Waals surface area (Å²) in [6.45, 7) is 4.65. The molecule has 3 unspecified atom stereocenters. The van der Waals surface area contributed by atoms with Crippen molar-refractivity contribution in [3.8, 4) is 0 Å². The van der Waals surface area contributed by atoms with Gasteiger partial charge < -0.3 is 4.90 Å². The smallest absolute Gasteiger partial charge is 0.219 e. The van der Waals surface area contributed by atoms with Gasteiger partial charge in [-0.15, -0.1) is 0 Å². The predicted molar refractivity (Wildman–Crippen MR) is 71.0 cm³/mol. The molecule has 0 radical (unpaired) electrons. The monoisotopic (exact) mass is 244 g/mol. The van der Waals surface area contributed by atoms with Gasteiger partial charge in [0.25, 0.3) is 0 Å². The summed E-state index contributed by atoms with van der Waals surface area (Å²) in [5.41, 5.74) is 1.39. The zero-order valence-corrected chi connectivity index (χ0v) is 11.0. The fourth-order valence-electron chi connectivity index (χ4n) is 3.67. The number of rotatable bonds is 1. The highest BCUT2D eigenvalue weighted by Crippen LogP contribution is 2.43. The summed E-state index contributed by atoms with van der Waals surface area (Å²) in [4.78, 5) is 16.0. The van der Waals surface area contributed by atoms with E-state index in [-0.39, 0.29) is 5.91 Å². The van der Waals surface area contributed by atoms with Crippen molar-refractivity contribution in [3.05, 3.63) is 35.9 Å². The lowest BCUT2D eigenvalue weighted by Crippen LogP contribution is -2.31. The van der Waals surface area contributed by atoms with Gasteiger partial charge in [-0.25, -0.2) is 0 Å². The number of nitrogens with zero attached hydrogens (tertiary/aromatic N) is 2. The number of hydrogen-bond acceptors (Lipinski definition) is 2. The second-order valence-electron chi connectivity index (χ2n) is 5.64. The van der Waals surface area contributed by atoms with E-state index in [1.54, 1.807) is 6.92 Å². The topological polar surface area (TPSA) is 23.6 Å². The minimum absolute atomic E-state index is 0.221. The second-order valence-corrected chi connectivity index (χ2v) is 5.64. The Hall–Kier alpha value is -1.35. The quantitative estimate of drug-likeness (QED) is 0.751. The molecule has 0 spiro atoms. The molecule has 0 bridgehead atoms. The second kappa shape index (κ2) is 4.39. The molecule has 2 heterocycles. The van der Waals surface area contributed by atoms with Crippen LogP contribution in [0.15, 0.2) is 30.3 Å². The van der Waals surface area contributed by atoms with E-state index in [2.05, 4.69) is 42.3 Å². The van der Waals surface area contributed by atoms with Crippen LogP contribution >= 0.6 is 0 Å². The molecular formula is C15H20N2O. The summed E-state index contributed by atoms with van der Waals surface area (Å²) in [6.07, 6.45) is 0. The van der Waals surface area contributed by atoms with Crippen LogP contribution in [0.5, 0.6) is 0 Å². The van der Waals surface area contributed by atoms with Gasteiger partial charge in [0, 0.05) is 38.5 Å². The maximum Gasteiger partial charge on any atom is 0.219 e. The van der Waals surface area contributed by atoms with Crippen molar-refractivity contribution in [3.63, 3.8) is 0 Å². The standard InChI is InChI=1S/C15H20N2O/c1-11(18)17-9-13-8-16(2)15(14(13)10-17)12-6-4-3-5-7-12/h3-7,13-15H,8-10H2,1-2H3. The van der Waals surface area contributed by atoms with E-state index in [4.69, 9.17) is 0 Å². The third-order valence-electron chi connectivity index (χ3n) is 4.48. The zero-order chi connectivity index (χ0) is 12.7. The Balaban J connectivity index is 1.85. The van der Waals surface area contributed by atoms with Crippen LogP contribution < -0.4 is 0 Å². The molecule has 1 aromatic rings. The predicted octanol–water partition coefficient (Wildman–Crippen LogP) is 1.77. The Morgan fingerprint density at radius 2 is 1.89 bits per heavy atom. The van der Waals surface area contributed by atoms with E-state index in [0.717, 1.165) is 19.6 Å². The molecule has 18 heavy (non-hydrogen) atoms. The highest BCUT2D eigenvalue weighted by molar-refractivity contribution is 5.73. The molecule has 0 N–H and O–H groups in total. The molecule has 1 amide bonds. The average molecular weight is 244 g/mol. The highest BCUT2D eigenvalue weighted by Gasteiger charge is 2.46. The van der Waals surface area contributed by atoms with Crippen LogP contribution in [0.2, 0.25) is 0 Å². The van der Waals surface area contributed by atoms with Crippen LogP contribution in [0.4, 0.5) is 0 Å². The van der Waals surface area contributed by atoms with Crippen LogP contribution in [-0.2, 0) is 4.79 Å². The van der Waals surface area contributed by atoms with Gasteiger partial charge >= 0.3 is 0 Å². The fourth-order valence-corrected chi connectivity index (χ4v) is 3.67. The summed E-state index contributed by atoms with van der Waals surface area (Å²) >= 11 is 0. The number of benzene rings is 1. The number of amides is 1. The van der Waals surface area contributed by atoms with E-state index in [0.29, 0.717) is 17.9 Å². The van der Waals surface area contributed by atoms with E-state index < -0.39 is 0 Å². The van der Waals surface area contributed by atoms with Gasteiger partial charge in [-0.05, 0) is 18.5 Å². The fraction of sp³-hybridized carbons (Fsp3) is 0.533. The van der Waals surface area contributed by atoms with Gasteiger partial charge in [-0.2, -0.15) is 0 Å². The first kappa shape index (κ1) is 11.7. The molecule has 3 nitrogen and oxygen atoms in total. The highest BCUT2D eigenvalue weighted by atomic mass is 16.2. The third kappa shape index (κ3) is 1.83. The lowest BCUT2D eigenvalue weighted by molar-refractivity contribution is -0.128. The Morgan fingerprint density at radius 1 is 1.17 bits per heavy atom. The Kier molecular flexibility index (Phi) is 2.86. The Labute approximate surface area is 108 Å². The molecule has 3 atom stereocenters. The minimum Gasteiger partial charge on any atom is -0.342 e. The van der Waals surface area contributed by atoms with Gasteiger partial charge in [0.1, 0.15) is 0 Å². The first-order valence-corrected chi connectivity index (χ1v) is 6.67. The largest absolute Gasteiger partial charge is 0.342 e. The van der Waals surface area contributed by atoms with Crippen molar-refractivity contribution < 1.29 is 4.79 Å². The van der Waals surface area contributed by atoms with Crippen molar-refractivity contribution >= 4 is 5.91 Å².